The lowest BCUT2D eigenvalue weighted by Gasteiger charge is -2.25. The largest absolute Gasteiger partial charge is 0.507 e. The molecule has 1 heterocycles. The Labute approximate surface area is 162 Å². The molecule has 1 saturated heterocycles. The van der Waals surface area contributed by atoms with E-state index in [0.717, 1.165) is 0 Å². The van der Waals surface area contributed by atoms with Crippen molar-refractivity contribution in [2.24, 2.45) is 0 Å². The van der Waals surface area contributed by atoms with Gasteiger partial charge in [0, 0.05) is 12.1 Å². The predicted molar refractivity (Wildman–Crippen MR) is 102 cm³/mol. The molecule has 0 aliphatic carbocycles. The molecule has 146 valence electrons. The number of rotatable bonds is 6. The van der Waals surface area contributed by atoms with Crippen molar-refractivity contribution >= 4 is 17.4 Å². The first-order valence-electron chi connectivity index (χ1n) is 8.70. The maximum atomic E-state index is 12.7. The Morgan fingerprint density at radius 2 is 1.71 bits per heavy atom. The molecule has 0 aromatic heterocycles. The summed E-state index contributed by atoms with van der Waals surface area (Å²) < 4.78 is 10.6. The number of aliphatic hydroxyl groups excluding tert-OH is 2. The Kier molecular flexibility index (Phi) is 5.65. The van der Waals surface area contributed by atoms with Crippen LogP contribution in [0.15, 0.2) is 54.1 Å². The van der Waals surface area contributed by atoms with Gasteiger partial charge < -0.3 is 24.6 Å². The van der Waals surface area contributed by atoms with Crippen LogP contribution >= 0.6 is 0 Å². The Balaban J connectivity index is 2.20. The molecule has 2 N–H and O–H groups in total. The number of hydrogen-bond acceptors (Lipinski definition) is 6. The Hall–Kier alpha value is -3.32. The van der Waals surface area contributed by atoms with Crippen molar-refractivity contribution in [3.63, 3.8) is 0 Å². The van der Waals surface area contributed by atoms with Gasteiger partial charge in [0.2, 0.25) is 0 Å². The topological polar surface area (TPSA) is 96.3 Å². The van der Waals surface area contributed by atoms with Crippen molar-refractivity contribution in [1.82, 2.24) is 4.90 Å². The second-order valence-electron chi connectivity index (χ2n) is 6.20. The van der Waals surface area contributed by atoms with Crippen LogP contribution in [0, 0.1) is 0 Å². The number of benzene rings is 2. The number of methoxy groups -OCH3 is 2. The van der Waals surface area contributed by atoms with Gasteiger partial charge in [-0.1, -0.05) is 36.4 Å². The molecular formula is C21H21NO6. The highest BCUT2D eigenvalue weighted by molar-refractivity contribution is 6.46. The van der Waals surface area contributed by atoms with Crippen LogP contribution in [-0.2, 0) is 9.59 Å². The lowest BCUT2D eigenvalue weighted by Crippen LogP contribution is -2.32. The van der Waals surface area contributed by atoms with Gasteiger partial charge in [0.15, 0.2) is 11.5 Å². The van der Waals surface area contributed by atoms with Crippen molar-refractivity contribution < 1.29 is 29.3 Å². The van der Waals surface area contributed by atoms with Crippen molar-refractivity contribution in [1.29, 1.82) is 0 Å². The third-order valence-corrected chi connectivity index (χ3v) is 4.65. The average molecular weight is 383 g/mol. The fourth-order valence-corrected chi connectivity index (χ4v) is 3.34. The number of likely N-dealkylation sites (tertiary alicyclic amines) is 1. The Morgan fingerprint density at radius 3 is 2.32 bits per heavy atom. The highest BCUT2D eigenvalue weighted by atomic mass is 16.5. The number of amides is 1. The van der Waals surface area contributed by atoms with Crippen LogP contribution in [0.1, 0.15) is 17.2 Å². The Morgan fingerprint density at radius 1 is 1.04 bits per heavy atom. The number of β-amino-alcohol motifs (C(OH)–C–C–N with tert-alkyl or cyclic N) is 1. The molecule has 0 unspecified atom stereocenters. The second-order valence-corrected chi connectivity index (χ2v) is 6.20. The van der Waals surface area contributed by atoms with Gasteiger partial charge in [0.05, 0.1) is 32.4 Å². The molecular weight excluding hydrogens is 362 g/mol. The van der Waals surface area contributed by atoms with Crippen molar-refractivity contribution in [2.75, 3.05) is 27.4 Å². The first kappa shape index (κ1) is 19.4. The van der Waals surface area contributed by atoms with Crippen molar-refractivity contribution in [3.8, 4) is 11.5 Å². The Bertz CT molecular complexity index is 922. The highest BCUT2D eigenvalue weighted by Gasteiger charge is 2.46. The highest BCUT2D eigenvalue weighted by Crippen LogP contribution is 2.41. The summed E-state index contributed by atoms with van der Waals surface area (Å²) in [5, 5.41) is 20.2. The molecule has 28 heavy (non-hydrogen) atoms. The minimum atomic E-state index is -0.854. The SMILES string of the molecule is COc1ccc([C@H]2/C(=C(\O)c3ccccc3)C(=O)C(=O)N2CCO)cc1OC. The van der Waals surface area contributed by atoms with Crippen LogP contribution in [0.4, 0.5) is 0 Å². The van der Waals surface area contributed by atoms with E-state index in [1.807, 2.05) is 0 Å². The number of ether oxygens (including phenoxy) is 2. The number of hydrogen-bond donors (Lipinski definition) is 2. The van der Waals surface area contributed by atoms with Crippen LogP contribution in [0.5, 0.6) is 11.5 Å². The summed E-state index contributed by atoms with van der Waals surface area (Å²) in [6.45, 7) is -0.364. The van der Waals surface area contributed by atoms with Crippen LogP contribution in [-0.4, -0.2) is 54.2 Å². The molecule has 1 amide bonds. The van der Waals surface area contributed by atoms with Crippen LogP contribution in [0.25, 0.3) is 5.76 Å². The molecule has 1 fully saturated rings. The molecule has 2 aromatic rings. The van der Waals surface area contributed by atoms with Crippen molar-refractivity contribution in [3.05, 3.63) is 65.2 Å². The molecule has 2 aromatic carbocycles. The molecule has 0 saturated carbocycles. The normalized spacial score (nSPS) is 18.4. The minimum Gasteiger partial charge on any atom is -0.507 e. The van der Waals surface area contributed by atoms with E-state index in [4.69, 9.17) is 9.47 Å². The van der Waals surface area contributed by atoms with Gasteiger partial charge in [-0.3, -0.25) is 9.59 Å². The molecule has 7 nitrogen and oxygen atoms in total. The summed E-state index contributed by atoms with van der Waals surface area (Å²) in [7, 11) is 2.99. The molecule has 0 bridgehead atoms. The first-order valence-corrected chi connectivity index (χ1v) is 8.70. The fraction of sp³-hybridized carbons (Fsp3) is 0.238. The first-order chi connectivity index (χ1) is 13.5. The number of carbonyl (C=O) groups excluding carboxylic acids is 2. The van der Waals surface area contributed by atoms with Gasteiger partial charge >= 0.3 is 0 Å². The summed E-state index contributed by atoms with van der Waals surface area (Å²) in [4.78, 5) is 26.5. The lowest BCUT2D eigenvalue weighted by molar-refractivity contribution is -0.140. The summed E-state index contributed by atoms with van der Waals surface area (Å²) in [6, 6.07) is 12.7. The zero-order chi connectivity index (χ0) is 20.3. The third-order valence-electron chi connectivity index (χ3n) is 4.65. The number of Topliss-reactive ketones (excluding diaryl/α,β-unsaturated/α-hetero) is 1. The van der Waals surface area contributed by atoms with Crippen LogP contribution in [0.2, 0.25) is 0 Å². The summed E-state index contributed by atoms with van der Waals surface area (Å²) in [6.07, 6.45) is 0. The van der Waals surface area contributed by atoms with Gasteiger partial charge in [-0.05, 0) is 17.7 Å². The molecule has 0 spiro atoms. The summed E-state index contributed by atoms with van der Waals surface area (Å²) in [5.41, 5.74) is 0.953. The van der Waals surface area contributed by atoms with E-state index >= 15 is 0 Å². The predicted octanol–water partition coefficient (Wildman–Crippen LogP) is 2.12. The van der Waals surface area contributed by atoms with Gasteiger partial charge in [-0.2, -0.15) is 0 Å². The van der Waals surface area contributed by atoms with Crippen molar-refractivity contribution in [2.45, 2.75) is 6.04 Å². The number of nitrogens with zero attached hydrogens (tertiary/aromatic N) is 1. The molecule has 3 rings (SSSR count). The van der Waals surface area contributed by atoms with Gasteiger partial charge in [0.25, 0.3) is 11.7 Å². The second kappa shape index (κ2) is 8.14. The zero-order valence-corrected chi connectivity index (χ0v) is 15.6. The van der Waals surface area contributed by atoms with Crippen LogP contribution < -0.4 is 9.47 Å². The van der Waals surface area contributed by atoms with E-state index in [0.29, 0.717) is 22.6 Å². The monoisotopic (exact) mass is 383 g/mol. The fourth-order valence-electron chi connectivity index (χ4n) is 3.34. The maximum Gasteiger partial charge on any atom is 0.295 e. The zero-order valence-electron chi connectivity index (χ0n) is 15.6. The van der Waals surface area contributed by atoms with E-state index in [1.165, 1.54) is 19.1 Å². The molecule has 0 radical (unpaired) electrons. The quantitative estimate of drug-likeness (QED) is 0.451. The lowest BCUT2D eigenvalue weighted by atomic mass is 9.95. The summed E-state index contributed by atoms with van der Waals surface area (Å²) >= 11 is 0. The standard InChI is InChI=1S/C21H21NO6/c1-27-15-9-8-14(12-16(15)28-2)18-17(19(24)13-6-4-3-5-7-13)20(25)21(26)22(18)10-11-23/h3-9,12,18,23-24H,10-11H2,1-2H3/b19-17+/t18-/m0/s1. The van der Waals surface area contributed by atoms with Gasteiger partial charge in [-0.25, -0.2) is 0 Å². The smallest absolute Gasteiger partial charge is 0.295 e. The maximum absolute atomic E-state index is 12.7. The number of aliphatic hydroxyl groups is 2. The van der Waals surface area contributed by atoms with Crippen LogP contribution in [0.3, 0.4) is 0 Å². The van der Waals surface area contributed by atoms with E-state index in [-0.39, 0.29) is 24.5 Å². The van der Waals surface area contributed by atoms with E-state index in [9.17, 15) is 19.8 Å². The van der Waals surface area contributed by atoms with Gasteiger partial charge in [-0.15, -0.1) is 0 Å². The number of carbonyl (C=O) groups is 2. The molecule has 1 aliphatic rings. The molecule has 1 atom stereocenters. The molecule has 7 heteroatoms. The van der Waals surface area contributed by atoms with Gasteiger partial charge in [0.1, 0.15) is 5.76 Å². The minimum absolute atomic E-state index is 0.0307. The summed E-state index contributed by atoms with van der Waals surface area (Å²) in [5.74, 6) is -0.914. The van der Waals surface area contributed by atoms with E-state index in [1.54, 1.807) is 48.5 Å². The molecule has 1 aliphatic heterocycles. The van der Waals surface area contributed by atoms with E-state index in [2.05, 4.69) is 0 Å². The average Bonchev–Trinajstić information content (AvgIpc) is 2.98. The van der Waals surface area contributed by atoms with E-state index < -0.39 is 17.7 Å². The third kappa shape index (κ3) is 3.32. The number of ketones is 1.